The molecule has 0 fully saturated rings. The van der Waals surface area contributed by atoms with E-state index in [4.69, 9.17) is 0 Å². The molecule has 0 unspecified atom stereocenters. The van der Waals surface area contributed by atoms with Gasteiger partial charge in [0.1, 0.15) is 11.6 Å². The van der Waals surface area contributed by atoms with Gasteiger partial charge in [-0.2, -0.15) is 0 Å². The first-order chi connectivity index (χ1) is 8.60. The minimum atomic E-state index is -0.478. The predicted octanol–water partition coefficient (Wildman–Crippen LogP) is 2.70. The Morgan fingerprint density at radius 2 is 1.83 bits per heavy atom. The molecule has 1 aromatic rings. The zero-order valence-electron chi connectivity index (χ0n) is 11.4. The summed E-state index contributed by atoms with van der Waals surface area (Å²) in [6.45, 7) is 9.69. The van der Waals surface area contributed by atoms with Gasteiger partial charge in [0.05, 0.1) is 0 Å². The van der Waals surface area contributed by atoms with Gasteiger partial charge in [-0.05, 0) is 31.6 Å². The zero-order valence-corrected chi connectivity index (χ0v) is 11.4. The van der Waals surface area contributed by atoms with Crippen molar-refractivity contribution in [2.45, 2.75) is 27.3 Å². The van der Waals surface area contributed by atoms with Crippen molar-refractivity contribution in [1.82, 2.24) is 10.2 Å². The number of hydrogen-bond donors (Lipinski definition) is 1. The average molecular weight is 256 g/mol. The van der Waals surface area contributed by atoms with Crippen LogP contribution in [0.2, 0.25) is 0 Å². The van der Waals surface area contributed by atoms with E-state index in [-0.39, 0.29) is 12.1 Å². The van der Waals surface area contributed by atoms with Crippen LogP contribution in [0.1, 0.15) is 25.0 Å². The molecule has 18 heavy (non-hydrogen) atoms. The Labute approximate surface area is 108 Å². The van der Waals surface area contributed by atoms with Crippen molar-refractivity contribution >= 4 is 0 Å². The lowest BCUT2D eigenvalue weighted by atomic mass is 10.1. The van der Waals surface area contributed by atoms with Crippen LogP contribution in [-0.2, 0) is 6.54 Å². The molecule has 0 amide bonds. The van der Waals surface area contributed by atoms with Crippen LogP contribution in [-0.4, -0.2) is 31.1 Å². The monoisotopic (exact) mass is 256 g/mol. The number of aryl methyl sites for hydroxylation is 1. The summed E-state index contributed by atoms with van der Waals surface area (Å²) < 4.78 is 27.1. The first-order valence-electron chi connectivity index (χ1n) is 6.46. The van der Waals surface area contributed by atoms with E-state index in [9.17, 15) is 8.78 Å². The lowest BCUT2D eigenvalue weighted by Gasteiger charge is -2.18. The van der Waals surface area contributed by atoms with E-state index >= 15 is 0 Å². The third-order valence-corrected chi connectivity index (χ3v) is 3.18. The van der Waals surface area contributed by atoms with Gasteiger partial charge in [0.25, 0.3) is 0 Å². The first kappa shape index (κ1) is 15.1. The highest BCUT2D eigenvalue weighted by Crippen LogP contribution is 2.15. The van der Waals surface area contributed by atoms with Gasteiger partial charge < -0.3 is 10.2 Å². The van der Waals surface area contributed by atoms with E-state index < -0.39 is 11.6 Å². The lowest BCUT2D eigenvalue weighted by molar-refractivity contribution is 0.301. The van der Waals surface area contributed by atoms with Crippen LogP contribution in [0, 0.1) is 18.6 Å². The second-order valence-electron chi connectivity index (χ2n) is 4.36. The lowest BCUT2D eigenvalue weighted by Crippen LogP contribution is -2.32. The van der Waals surface area contributed by atoms with Gasteiger partial charge in [0.15, 0.2) is 0 Å². The average Bonchev–Trinajstić information content (AvgIpc) is 2.38. The maximum Gasteiger partial charge on any atom is 0.133 e. The van der Waals surface area contributed by atoms with Crippen molar-refractivity contribution in [1.29, 1.82) is 0 Å². The Kier molecular flexibility index (Phi) is 6.22. The molecule has 1 aromatic carbocycles. The number of nitrogens with one attached hydrogen (secondary N) is 1. The molecule has 0 aromatic heterocycles. The molecule has 0 aliphatic rings. The molecule has 0 heterocycles. The van der Waals surface area contributed by atoms with Gasteiger partial charge in [-0.3, -0.25) is 0 Å². The van der Waals surface area contributed by atoms with Gasteiger partial charge >= 0.3 is 0 Å². The van der Waals surface area contributed by atoms with E-state index in [0.717, 1.165) is 26.2 Å². The van der Waals surface area contributed by atoms with Crippen molar-refractivity contribution in [3.05, 3.63) is 34.9 Å². The smallest absolute Gasteiger partial charge is 0.133 e. The number of rotatable bonds is 7. The molecule has 102 valence electrons. The van der Waals surface area contributed by atoms with Crippen LogP contribution in [0.5, 0.6) is 0 Å². The summed E-state index contributed by atoms with van der Waals surface area (Å²) in [6.07, 6.45) is 0. The molecule has 0 bridgehead atoms. The molecular formula is C14H22F2N2. The third kappa shape index (κ3) is 4.03. The summed E-state index contributed by atoms with van der Waals surface area (Å²) in [5.41, 5.74) is 0.617. The van der Waals surface area contributed by atoms with Crippen molar-refractivity contribution in [3.63, 3.8) is 0 Å². The molecule has 0 aliphatic carbocycles. The molecule has 1 rings (SSSR count). The fraction of sp³-hybridized carbons (Fsp3) is 0.571. The van der Waals surface area contributed by atoms with E-state index in [0.29, 0.717) is 5.56 Å². The molecule has 2 nitrogen and oxygen atoms in total. The van der Waals surface area contributed by atoms with Gasteiger partial charge in [0.2, 0.25) is 0 Å². The third-order valence-electron chi connectivity index (χ3n) is 3.18. The highest BCUT2D eigenvalue weighted by Gasteiger charge is 2.10. The molecule has 0 saturated carbocycles. The van der Waals surface area contributed by atoms with E-state index in [1.54, 1.807) is 6.92 Å². The Balaban J connectivity index is 2.47. The standard InChI is InChI=1S/C14H22F2N2/c1-4-18(5-2)9-8-17-10-12-13(15)7-6-11(3)14(12)16/h6-7,17H,4-5,8-10H2,1-3H3. The van der Waals surface area contributed by atoms with Crippen molar-refractivity contribution in [3.8, 4) is 0 Å². The fourth-order valence-electron chi connectivity index (χ4n) is 1.87. The van der Waals surface area contributed by atoms with Crippen molar-refractivity contribution in [2.24, 2.45) is 0 Å². The molecule has 1 N–H and O–H groups in total. The highest BCUT2D eigenvalue weighted by molar-refractivity contribution is 5.26. The Morgan fingerprint density at radius 3 is 2.44 bits per heavy atom. The minimum absolute atomic E-state index is 0.134. The highest BCUT2D eigenvalue weighted by atomic mass is 19.1. The van der Waals surface area contributed by atoms with E-state index in [1.807, 2.05) is 0 Å². The summed E-state index contributed by atoms with van der Waals surface area (Å²) in [6, 6.07) is 2.78. The van der Waals surface area contributed by atoms with E-state index in [2.05, 4.69) is 24.1 Å². The molecule has 4 heteroatoms. The Hall–Kier alpha value is -1.00. The Morgan fingerprint density at radius 1 is 1.17 bits per heavy atom. The van der Waals surface area contributed by atoms with Crippen molar-refractivity contribution in [2.75, 3.05) is 26.2 Å². The molecule has 0 saturated heterocycles. The van der Waals surface area contributed by atoms with Crippen LogP contribution >= 0.6 is 0 Å². The van der Waals surface area contributed by atoms with Gasteiger partial charge in [-0.25, -0.2) is 8.78 Å². The SMILES string of the molecule is CCN(CC)CCNCc1c(F)ccc(C)c1F. The summed E-state index contributed by atoms with van der Waals surface area (Å²) in [7, 11) is 0. The van der Waals surface area contributed by atoms with E-state index in [1.165, 1.54) is 12.1 Å². The predicted molar refractivity (Wildman–Crippen MR) is 70.6 cm³/mol. The Bertz CT molecular complexity index is 376. The van der Waals surface area contributed by atoms with Crippen LogP contribution in [0.4, 0.5) is 8.78 Å². The van der Waals surface area contributed by atoms with Gasteiger partial charge in [-0.1, -0.05) is 19.9 Å². The van der Waals surface area contributed by atoms with Gasteiger partial charge in [0, 0.05) is 25.2 Å². The normalized spacial score (nSPS) is 11.2. The number of halogens is 2. The summed E-state index contributed by atoms with van der Waals surface area (Å²) in [5, 5.41) is 3.09. The maximum atomic E-state index is 13.7. The fourth-order valence-corrected chi connectivity index (χ4v) is 1.87. The second-order valence-corrected chi connectivity index (χ2v) is 4.36. The molecule has 0 spiro atoms. The first-order valence-corrected chi connectivity index (χ1v) is 6.46. The number of likely N-dealkylation sites (N-methyl/N-ethyl adjacent to an activating group) is 1. The van der Waals surface area contributed by atoms with Crippen LogP contribution in [0.15, 0.2) is 12.1 Å². The van der Waals surface area contributed by atoms with Crippen LogP contribution in [0.25, 0.3) is 0 Å². The van der Waals surface area contributed by atoms with Gasteiger partial charge in [-0.15, -0.1) is 0 Å². The summed E-state index contributed by atoms with van der Waals surface area (Å²) >= 11 is 0. The largest absolute Gasteiger partial charge is 0.311 e. The number of nitrogens with zero attached hydrogens (tertiary/aromatic N) is 1. The quantitative estimate of drug-likeness (QED) is 0.755. The second kappa shape index (κ2) is 7.44. The summed E-state index contributed by atoms with van der Waals surface area (Å²) in [4.78, 5) is 2.26. The molecule has 0 radical (unpaired) electrons. The van der Waals surface area contributed by atoms with Crippen molar-refractivity contribution < 1.29 is 8.78 Å². The number of hydrogen-bond acceptors (Lipinski definition) is 2. The molecular weight excluding hydrogens is 234 g/mol. The maximum absolute atomic E-state index is 13.7. The van der Waals surface area contributed by atoms with Crippen LogP contribution in [0.3, 0.4) is 0 Å². The molecule has 0 aliphatic heterocycles. The van der Waals surface area contributed by atoms with Crippen LogP contribution < -0.4 is 5.32 Å². The zero-order chi connectivity index (χ0) is 13.5. The molecule has 0 atom stereocenters. The number of benzene rings is 1. The minimum Gasteiger partial charge on any atom is -0.311 e. The summed E-state index contributed by atoms with van der Waals surface area (Å²) in [5.74, 6) is -0.918. The topological polar surface area (TPSA) is 15.3 Å².